The minimum Gasteiger partial charge on any atom is -0.488 e. The van der Waals surface area contributed by atoms with Gasteiger partial charge in [-0.2, -0.15) is 0 Å². The lowest BCUT2D eigenvalue weighted by Gasteiger charge is -2.30. The molecule has 2 N–H and O–H groups in total. The fourth-order valence-electron chi connectivity index (χ4n) is 4.56. The van der Waals surface area contributed by atoms with Gasteiger partial charge in [-0.15, -0.1) is 0 Å². The van der Waals surface area contributed by atoms with E-state index >= 15 is 0 Å². The molecule has 0 atom stereocenters. The first-order valence-corrected chi connectivity index (χ1v) is 11.2. The second-order valence-corrected chi connectivity index (χ2v) is 9.27. The lowest BCUT2D eigenvalue weighted by molar-refractivity contribution is 0.277. The molecule has 0 fully saturated rings. The zero-order chi connectivity index (χ0) is 22.0. The summed E-state index contributed by atoms with van der Waals surface area (Å²) >= 11 is 0. The Kier molecular flexibility index (Phi) is 4.18. The Bertz CT molecular complexity index is 1190. The van der Waals surface area contributed by atoms with Crippen LogP contribution in [0.2, 0.25) is 0 Å². The van der Waals surface area contributed by atoms with E-state index in [4.69, 9.17) is 9.47 Å². The van der Waals surface area contributed by atoms with Crippen LogP contribution in [0, 0.1) is 0 Å². The highest BCUT2D eigenvalue weighted by molar-refractivity contribution is 5.88. The van der Waals surface area contributed by atoms with Crippen molar-refractivity contribution < 1.29 is 9.47 Å². The number of H-pyrrole nitrogens is 2. The van der Waals surface area contributed by atoms with Crippen molar-refractivity contribution in [1.82, 2.24) is 19.9 Å². The van der Waals surface area contributed by atoms with Crippen LogP contribution in [0.3, 0.4) is 0 Å². The molecule has 2 aliphatic rings. The lowest BCUT2D eigenvalue weighted by atomic mass is 9.87. The Morgan fingerprint density at radius 3 is 1.59 bits per heavy atom. The van der Waals surface area contributed by atoms with Crippen LogP contribution in [-0.2, 0) is 13.2 Å². The average Bonchev–Trinajstić information content (AvgIpc) is 3.47. The van der Waals surface area contributed by atoms with E-state index in [-0.39, 0.29) is 0 Å². The number of benzene rings is 2. The Morgan fingerprint density at radius 2 is 1.16 bits per heavy atom. The summed E-state index contributed by atoms with van der Waals surface area (Å²) in [6, 6.07) is 8.61. The van der Waals surface area contributed by atoms with Gasteiger partial charge >= 0.3 is 0 Å². The van der Waals surface area contributed by atoms with Crippen molar-refractivity contribution in [3.63, 3.8) is 0 Å². The normalized spacial score (nSPS) is 13.8. The predicted octanol–water partition coefficient (Wildman–Crippen LogP) is 6.17. The van der Waals surface area contributed by atoms with Gasteiger partial charge in [0.05, 0.1) is 29.3 Å². The van der Waals surface area contributed by atoms with Crippen molar-refractivity contribution in [1.29, 1.82) is 0 Å². The van der Waals surface area contributed by atoms with Gasteiger partial charge in [0.1, 0.15) is 36.4 Å². The monoisotopic (exact) mass is 426 g/mol. The van der Waals surface area contributed by atoms with Crippen molar-refractivity contribution in [2.24, 2.45) is 0 Å². The number of aromatic nitrogens is 4. The molecule has 0 unspecified atom stereocenters. The van der Waals surface area contributed by atoms with Gasteiger partial charge in [0.2, 0.25) is 0 Å². The smallest absolute Gasteiger partial charge is 0.132 e. The topological polar surface area (TPSA) is 75.8 Å². The first kappa shape index (κ1) is 19.2. The summed E-state index contributed by atoms with van der Waals surface area (Å²) < 4.78 is 12.5. The standard InChI is InChI=1S/C26H26N4O2/c1-13(2)25-27-9-19(29-25)15-5-17-11-31-21-7-16(20-10-28-26(30-20)14(3)4)8-22-24(21)23(17)18(6-15)12-32-22/h5-10,13-14H,11-12H2,1-4H3,(H,27,29)(H,28,30). The van der Waals surface area contributed by atoms with Gasteiger partial charge in [-0.1, -0.05) is 27.7 Å². The predicted molar refractivity (Wildman–Crippen MR) is 124 cm³/mol. The molecule has 2 aliphatic heterocycles. The molecule has 0 aliphatic carbocycles. The van der Waals surface area contributed by atoms with E-state index in [1.165, 1.54) is 16.7 Å². The molecule has 0 radical (unpaired) electrons. The third-order valence-electron chi connectivity index (χ3n) is 6.29. The van der Waals surface area contributed by atoms with Crippen molar-refractivity contribution in [2.75, 3.05) is 0 Å². The molecular weight excluding hydrogens is 400 g/mol. The molecule has 0 spiro atoms. The molecule has 0 saturated heterocycles. The summed E-state index contributed by atoms with van der Waals surface area (Å²) in [5.74, 6) is 4.42. The minimum atomic E-state index is 0.349. The van der Waals surface area contributed by atoms with Crippen LogP contribution in [0.4, 0.5) is 0 Å². The largest absolute Gasteiger partial charge is 0.488 e. The fourth-order valence-corrected chi connectivity index (χ4v) is 4.56. The van der Waals surface area contributed by atoms with Crippen molar-refractivity contribution in [3.8, 4) is 45.1 Å². The van der Waals surface area contributed by atoms with E-state index in [2.05, 4.69) is 71.9 Å². The number of nitrogens with one attached hydrogen (secondary N) is 2. The average molecular weight is 427 g/mol. The third-order valence-corrected chi connectivity index (χ3v) is 6.29. The maximum Gasteiger partial charge on any atom is 0.132 e. The highest BCUT2D eigenvalue weighted by Crippen LogP contribution is 2.51. The van der Waals surface area contributed by atoms with Crippen LogP contribution >= 0.6 is 0 Å². The maximum absolute atomic E-state index is 6.23. The van der Waals surface area contributed by atoms with Gasteiger partial charge in [0, 0.05) is 28.5 Å². The van der Waals surface area contributed by atoms with Gasteiger partial charge in [0.25, 0.3) is 0 Å². The molecule has 0 saturated carbocycles. The fraction of sp³-hybridized carbons (Fsp3) is 0.308. The Balaban J connectivity index is 1.44. The quantitative estimate of drug-likeness (QED) is 0.409. The second-order valence-electron chi connectivity index (χ2n) is 9.27. The van der Waals surface area contributed by atoms with Gasteiger partial charge in [-0.25, -0.2) is 9.97 Å². The molecule has 162 valence electrons. The number of ether oxygens (including phenoxy) is 2. The number of imidazole rings is 2. The maximum atomic E-state index is 6.23. The van der Waals surface area contributed by atoms with Crippen LogP contribution in [0.15, 0.2) is 36.7 Å². The van der Waals surface area contributed by atoms with E-state index in [1.54, 1.807) is 0 Å². The first-order chi connectivity index (χ1) is 15.5. The zero-order valence-corrected chi connectivity index (χ0v) is 18.7. The van der Waals surface area contributed by atoms with Gasteiger partial charge in [0.15, 0.2) is 0 Å². The van der Waals surface area contributed by atoms with E-state index in [1.807, 2.05) is 12.4 Å². The molecule has 2 aromatic heterocycles. The van der Waals surface area contributed by atoms with Gasteiger partial charge in [-0.3, -0.25) is 0 Å². The Morgan fingerprint density at radius 1 is 0.688 bits per heavy atom. The van der Waals surface area contributed by atoms with E-state index in [0.717, 1.165) is 51.2 Å². The minimum absolute atomic E-state index is 0.349. The summed E-state index contributed by atoms with van der Waals surface area (Å²) in [5, 5.41) is 0. The molecule has 4 aromatic rings. The number of aromatic amines is 2. The van der Waals surface area contributed by atoms with Crippen LogP contribution in [0.25, 0.3) is 33.6 Å². The Labute approximate surface area is 187 Å². The SMILES string of the molecule is CC(C)c1ncc(-c2cc3c4c(c2)COc2cc(-c5cnc(C(C)C)[nH]5)cc(c2-4)OC3)[nH]1. The molecule has 2 aromatic carbocycles. The van der Waals surface area contributed by atoms with Crippen molar-refractivity contribution in [2.45, 2.75) is 52.7 Å². The molecule has 0 amide bonds. The zero-order valence-electron chi connectivity index (χ0n) is 18.7. The molecular formula is C26H26N4O2. The second kappa shape index (κ2) is 6.99. The molecule has 6 heteroatoms. The molecule has 6 rings (SSSR count). The number of rotatable bonds is 4. The van der Waals surface area contributed by atoms with Crippen LogP contribution < -0.4 is 9.47 Å². The molecule has 4 heterocycles. The molecule has 6 nitrogen and oxygen atoms in total. The van der Waals surface area contributed by atoms with E-state index in [9.17, 15) is 0 Å². The molecule has 0 bridgehead atoms. The van der Waals surface area contributed by atoms with E-state index in [0.29, 0.717) is 25.0 Å². The van der Waals surface area contributed by atoms with Crippen molar-refractivity contribution >= 4 is 0 Å². The van der Waals surface area contributed by atoms with Crippen LogP contribution in [0.5, 0.6) is 11.5 Å². The first-order valence-electron chi connectivity index (χ1n) is 11.2. The highest BCUT2D eigenvalue weighted by Gasteiger charge is 2.30. The summed E-state index contributed by atoms with van der Waals surface area (Å²) in [7, 11) is 0. The lowest BCUT2D eigenvalue weighted by Crippen LogP contribution is -2.15. The summed E-state index contributed by atoms with van der Waals surface area (Å²) in [4.78, 5) is 15.9. The van der Waals surface area contributed by atoms with Crippen LogP contribution in [0.1, 0.15) is 62.3 Å². The van der Waals surface area contributed by atoms with Gasteiger partial charge < -0.3 is 19.4 Å². The number of nitrogens with zero attached hydrogens (tertiary/aromatic N) is 2. The number of hydrogen-bond donors (Lipinski definition) is 2. The third kappa shape index (κ3) is 2.93. The summed E-state index contributed by atoms with van der Waals surface area (Å²) in [5.41, 5.74) is 8.83. The van der Waals surface area contributed by atoms with Crippen LogP contribution in [-0.4, -0.2) is 19.9 Å². The summed E-state index contributed by atoms with van der Waals surface area (Å²) in [6.07, 6.45) is 3.80. The van der Waals surface area contributed by atoms with Gasteiger partial charge in [-0.05, 0) is 35.4 Å². The molecule has 32 heavy (non-hydrogen) atoms. The Hall–Kier alpha value is -3.54. The summed E-state index contributed by atoms with van der Waals surface area (Å²) in [6.45, 7) is 9.62. The van der Waals surface area contributed by atoms with Crippen molar-refractivity contribution in [3.05, 3.63) is 59.4 Å². The highest BCUT2D eigenvalue weighted by atomic mass is 16.5. The van der Waals surface area contributed by atoms with E-state index < -0.39 is 0 Å². The number of hydrogen-bond acceptors (Lipinski definition) is 4.